The van der Waals surface area contributed by atoms with Crippen molar-refractivity contribution in [1.29, 1.82) is 0 Å². The van der Waals surface area contributed by atoms with Crippen molar-refractivity contribution in [3.8, 4) is 5.75 Å². The lowest BCUT2D eigenvalue weighted by Crippen LogP contribution is -2.50. The zero-order valence-corrected chi connectivity index (χ0v) is 18.5. The monoisotopic (exact) mass is 431 g/mol. The summed E-state index contributed by atoms with van der Waals surface area (Å²) in [7, 11) is -2.34. The molecule has 0 aliphatic carbocycles. The van der Waals surface area contributed by atoms with Crippen molar-refractivity contribution in [3.05, 3.63) is 59.2 Å². The molecule has 7 heteroatoms. The molecule has 0 saturated heterocycles. The molecular weight excluding hydrogens is 402 g/mol. The van der Waals surface area contributed by atoms with Crippen LogP contribution in [0.3, 0.4) is 0 Å². The van der Waals surface area contributed by atoms with Crippen LogP contribution in [0.1, 0.15) is 67.1 Å². The molecule has 3 rings (SSSR count). The summed E-state index contributed by atoms with van der Waals surface area (Å²) in [5.74, 6) is -1.14. The Labute approximate surface area is 178 Å². The first-order valence-corrected chi connectivity index (χ1v) is 11.9. The lowest BCUT2D eigenvalue weighted by atomic mass is 9.88. The molecule has 1 aliphatic heterocycles. The molecule has 0 bridgehead atoms. The average Bonchev–Trinajstić information content (AvgIpc) is 2.84. The van der Waals surface area contributed by atoms with Gasteiger partial charge >= 0.3 is 5.97 Å². The van der Waals surface area contributed by atoms with Gasteiger partial charge in [0, 0.05) is 5.54 Å². The second-order valence-electron chi connectivity index (χ2n) is 7.88. The van der Waals surface area contributed by atoms with Gasteiger partial charge in [0.05, 0.1) is 23.8 Å². The molecule has 2 atom stereocenters. The lowest BCUT2D eigenvalue weighted by molar-refractivity contribution is 0.0693. The van der Waals surface area contributed by atoms with E-state index in [1.807, 2.05) is 37.3 Å². The topological polar surface area (TPSA) is 92.7 Å². The number of methoxy groups -OCH3 is 1. The Balaban J connectivity index is 2.30. The highest BCUT2D eigenvalue weighted by Crippen LogP contribution is 2.40. The summed E-state index contributed by atoms with van der Waals surface area (Å²) in [5.41, 5.74) is 0.694. The molecule has 0 saturated carbocycles. The summed E-state index contributed by atoms with van der Waals surface area (Å²) in [6.45, 7) is 4.08. The fourth-order valence-corrected chi connectivity index (χ4v) is 6.37. The fourth-order valence-electron chi connectivity index (χ4n) is 4.22. The second-order valence-corrected chi connectivity index (χ2v) is 9.84. The van der Waals surface area contributed by atoms with E-state index in [2.05, 4.69) is 12.2 Å². The minimum absolute atomic E-state index is 0.0638. The Kier molecular flexibility index (Phi) is 6.53. The third-order valence-corrected chi connectivity index (χ3v) is 7.90. The number of unbranched alkanes of at least 4 members (excludes halogenated alkanes) is 1. The van der Waals surface area contributed by atoms with Crippen LogP contribution in [0.5, 0.6) is 5.75 Å². The molecule has 0 radical (unpaired) electrons. The highest BCUT2D eigenvalue weighted by Gasteiger charge is 2.42. The number of hydrogen-bond acceptors (Lipinski definition) is 5. The van der Waals surface area contributed by atoms with E-state index in [9.17, 15) is 18.3 Å². The van der Waals surface area contributed by atoms with E-state index in [0.717, 1.165) is 24.8 Å². The molecule has 0 aromatic heterocycles. The Morgan fingerprint density at radius 2 is 1.93 bits per heavy atom. The highest BCUT2D eigenvalue weighted by atomic mass is 32.2. The van der Waals surface area contributed by atoms with Gasteiger partial charge in [-0.2, -0.15) is 0 Å². The van der Waals surface area contributed by atoms with Gasteiger partial charge in [0.15, 0.2) is 9.84 Å². The van der Waals surface area contributed by atoms with Crippen molar-refractivity contribution in [1.82, 2.24) is 5.32 Å². The lowest BCUT2D eigenvalue weighted by Gasteiger charge is -2.36. The first-order valence-electron chi connectivity index (χ1n) is 10.3. The van der Waals surface area contributed by atoms with E-state index >= 15 is 0 Å². The van der Waals surface area contributed by atoms with Crippen LogP contribution in [0, 0.1) is 0 Å². The van der Waals surface area contributed by atoms with Crippen LogP contribution in [0.15, 0.2) is 47.4 Å². The molecule has 1 aliphatic rings. The van der Waals surface area contributed by atoms with Gasteiger partial charge in [-0.15, -0.1) is 0 Å². The molecule has 2 aromatic rings. The minimum Gasteiger partial charge on any atom is -0.496 e. The number of aromatic carboxylic acids is 1. The molecule has 2 aromatic carbocycles. The number of fused-ring (bicyclic) bond motifs is 1. The van der Waals surface area contributed by atoms with Crippen LogP contribution in [0.4, 0.5) is 0 Å². The van der Waals surface area contributed by atoms with Gasteiger partial charge in [-0.3, -0.25) is 5.32 Å². The fraction of sp³-hybridized carbons (Fsp3) is 0.435. The largest absolute Gasteiger partial charge is 0.496 e. The number of ether oxygens (including phenoxy) is 1. The van der Waals surface area contributed by atoms with E-state index in [4.69, 9.17) is 4.74 Å². The SMILES string of the molecule is CCCCC1(CC)CS(=O)(=O)c2cc(C(=O)O)c(OC)cc2C(c2ccccc2)N1. The normalized spacial score (nSPS) is 22.7. The molecule has 0 spiro atoms. The number of sulfone groups is 1. The summed E-state index contributed by atoms with van der Waals surface area (Å²) >= 11 is 0. The number of hydrogen-bond donors (Lipinski definition) is 2. The number of rotatable bonds is 7. The van der Waals surface area contributed by atoms with Crippen molar-refractivity contribution in [2.75, 3.05) is 12.9 Å². The van der Waals surface area contributed by atoms with Gasteiger partial charge in [0.1, 0.15) is 11.3 Å². The third kappa shape index (κ3) is 4.23. The van der Waals surface area contributed by atoms with Gasteiger partial charge in [0.25, 0.3) is 0 Å². The Morgan fingerprint density at radius 3 is 2.50 bits per heavy atom. The van der Waals surface area contributed by atoms with Gasteiger partial charge in [-0.25, -0.2) is 13.2 Å². The number of benzene rings is 2. The van der Waals surface area contributed by atoms with Crippen molar-refractivity contribution < 1.29 is 23.1 Å². The van der Waals surface area contributed by atoms with Crippen molar-refractivity contribution in [2.24, 2.45) is 0 Å². The molecule has 2 unspecified atom stereocenters. The maximum absolute atomic E-state index is 13.5. The molecule has 162 valence electrons. The molecule has 0 fully saturated rings. The quantitative estimate of drug-likeness (QED) is 0.683. The first-order chi connectivity index (χ1) is 14.3. The zero-order valence-electron chi connectivity index (χ0n) is 17.6. The van der Waals surface area contributed by atoms with Gasteiger partial charge < -0.3 is 9.84 Å². The van der Waals surface area contributed by atoms with Crippen molar-refractivity contribution in [2.45, 2.75) is 56.0 Å². The highest BCUT2D eigenvalue weighted by molar-refractivity contribution is 7.91. The number of carboxylic acids is 1. The van der Waals surface area contributed by atoms with E-state index in [1.165, 1.54) is 13.2 Å². The first kappa shape index (κ1) is 22.3. The summed E-state index contributed by atoms with van der Waals surface area (Å²) in [4.78, 5) is 11.8. The number of carboxylic acid groups (broad SMARTS) is 1. The van der Waals surface area contributed by atoms with E-state index in [0.29, 0.717) is 12.0 Å². The van der Waals surface area contributed by atoms with Crippen LogP contribution in [0.2, 0.25) is 0 Å². The van der Waals surface area contributed by atoms with E-state index < -0.39 is 27.4 Å². The summed E-state index contributed by atoms with van der Waals surface area (Å²) in [6.07, 6.45) is 3.23. The maximum atomic E-state index is 13.5. The molecule has 30 heavy (non-hydrogen) atoms. The van der Waals surface area contributed by atoms with Crippen molar-refractivity contribution in [3.63, 3.8) is 0 Å². The summed E-state index contributed by atoms with van der Waals surface area (Å²) < 4.78 is 32.3. The van der Waals surface area contributed by atoms with Crippen molar-refractivity contribution >= 4 is 15.8 Å². The third-order valence-electron chi connectivity index (χ3n) is 5.94. The van der Waals surface area contributed by atoms with Crippen LogP contribution in [-0.2, 0) is 9.84 Å². The Morgan fingerprint density at radius 1 is 1.23 bits per heavy atom. The van der Waals surface area contributed by atoms with Gasteiger partial charge in [-0.1, -0.05) is 57.0 Å². The number of nitrogens with one attached hydrogen (secondary N) is 1. The average molecular weight is 432 g/mol. The van der Waals surface area contributed by atoms with Crippen LogP contribution in [-0.4, -0.2) is 37.9 Å². The summed E-state index contributed by atoms with van der Waals surface area (Å²) in [5, 5.41) is 13.3. The molecule has 2 N–H and O–H groups in total. The predicted octanol–water partition coefficient (Wildman–Crippen LogP) is 4.20. The van der Waals surface area contributed by atoms with E-state index in [1.54, 1.807) is 6.07 Å². The molecule has 0 amide bonds. The Hall–Kier alpha value is -2.38. The van der Waals surface area contributed by atoms with Gasteiger partial charge in [0.2, 0.25) is 0 Å². The number of carbonyl (C=O) groups is 1. The molecule has 1 heterocycles. The standard InChI is InChI=1S/C23H29NO5S/c1-4-6-12-23(5-2)15-30(27,28)20-14-17(22(25)26)19(29-3)13-18(20)21(24-23)16-10-8-7-9-11-16/h7-11,13-14,21,24H,4-6,12,15H2,1-3H3,(H,25,26). The molecule has 6 nitrogen and oxygen atoms in total. The van der Waals surface area contributed by atoms with E-state index in [-0.39, 0.29) is 22.0 Å². The summed E-state index contributed by atoms with van der Waals surface area (Å²) in [6, 6.07) is 12.1. The minimum atomic E-state index is -3.73. The maximum Gasteiger partial charge on any atom is 0.339 e. The van der Waals surface area contributed by atoms with Crippen LogP contribution < -0.4 is 10.1 Å². The van der Waals surface area contributed by atoms with Crippen LogP contribution in [0.25, 0.3) is 0 Å². The van der Waals surface area contributed by atoms with Crippen LogP contribution >= 0.6 is 0 Å². The predicted molar refractivity (Wildman–Crippen MR) is 116 cm³/mol. The smallest absolute Gasteiger partial charge is 0.339 e. The van der Waals surface area contributed by atoms with Gasteiger partial charge in [-0.05, 0) is 36.1 Å². The Bertz CT molecular complexity index is 1020. The zero-order chi connectivity index (χ0) is 21.9. The second kappa shape index (κ2) is 8.78. The molecular formula is C23H29NO5S.